The molecular weight excluding hydrogens is 403 g/mol. The van der Waals surface area contributed by atoms with Gasteiger partial charge >= 0.3 is 65.2 Å². The van der Waals surface area contributed by atoms with E-state index >= 15 is 0 Å². The van der Waals surface area contributed by atoms with E-state index in [2.05, 4.69) is 26.5 Å². The Morgan fingerprint density at radius 2 is 2.08 bits per heavy atom. The summed E-state index contributed by atoms with van der Waals surface area (Å²) in [6.45, 7) is 1.46. The average Bonchev–Trinajstić information content (AvgIpc) is 2.86. The summed E-state index contributed by atoms with van der Waals surface area (Å²) in [7, 11) is -3.99. The Morgan fingerprint density at radius 3 is 2.65 bits per heavy atom. The minimum atomic E-state index is -5.17. The quantitative estimate of drug-likeness (QED) is 0.270. The first-order chi connectivity index (χ1) is 11.3. The Bertz CT molecular complexity index is 785. The summed E-state index contributed by atoms with van der Waals surface area (Å²) in [6.07, 6.45) is 0.218. The zero-order valence-electron chi connectivity index (χ0n) is 15.1. The molecule has 0 aliphatic heterocycles. The second-order valence-corrected chi connectivity index (χ2v) is 7.01. The van der Waals surface area contributed by atoms with Crippen molar-refractivity contribution in [1.82, 2.24) is 9.55 Å². The fraction of sp³-hybridized carbons (Fsp3) is 0.385. The van der Waals surface area contributed by atoms with Gasteiger partial charge in [-0.05, 0) is 30.4 Å². The van der Waals surface area contributed by atoms with Crippen LogP contribution in [0.1, 0.15) is 13.3 Å². The van der Waals surface area contributed by atoms with Gasteiger partial charge in [-0.3, -0.25) is 9.88 Å². The number of nitrogens with zero attached hydrogens (tertiary/aromatic N) is 2. The maximum atomic E-state index is 11.4. The van der Waals surface area contributed by atoms with Gasteiger partial charge in [0.15, 0.2) is 0 Å². The second-order valence-electron chi connectivity index (χ2n) is 4.68. The molecule has 0 radical (unpaired) electrons. The first-order valence-electron chi connectivity index (χ1n) is 6.98. The number of rotatable bonds is 7. The van der Waals surface area contributed by atoms with Crippen LogP contribution in [0, 0.1) is 0 Å². The van der Waals surface area contributed by atoms with Crippen molar-refractivity contribution >= 4 is 42.7 Å². The third-order valence-electron chi connectivity index (χ3n) is 2.94. The van der Waals surface area contributed by atoms with Crippen LogP contribution in [0.5, 0.6) is 0 Å². The number of amides is 1. The Labute approximate surface area is 199 Å². The number of fused-ring (bicyclic) bond motifs is 1. The van der Waals surface area contributed by atoms with Gasteiger partial charge in [-0.1, -0.05) is 6.92 Å². The van der Waals surface area contributed by atoms with E-state index in [1.807, 2.05) is 6.07 Å². The van der Waals surface area contributed by atoms with Crippen LogP contribution in [0.3, 0.4) is 0 Å². The first-order valence-corrected chi connectivity index (χ1v) is 9.43. The van der Waals surface area contributed by atoms with Crippen molar-refractivity contribution in [2.75, 3.05) is 18.2 Å². The zero-order chi connectivity index (χ0) is 17.7. The van der Waals surface area contributed by atoms with Gasteiger partial charge in [0.2, 0.25) is 5.95 Å². The van der Waals surface area contributed by atoms with Gasteiger partial charge in [0.25, 0.3) is 0 Å². The molecule has 9 nitrogen and oxygen atoms in total. The molecule has 0 aliphatic rings. The zero-order valence-corrected chi connectivity index (χ0v) is 20.8. The molecule has 0 fully saturated rings. The predicted octanol–water partition coefficient (Wildman–Crippen LogP) is -4.47. The van der Waals surface area contributed by atoms with Gasteiger partial charge in [-0.25, -0.2) is 9.78 Å². The molecule has 1 aromatic heterocycles. The molecule has 1 N–H and O–H groups in total. The number of carbonyl (C=O) groups is 1. The molecule has 26 heavy (non-hydrogen) atoms. The Kier molecular flexibility index (Phi) is 12.3. The van der Waals surface area contributed by atoms with Crippen LogP contribution < -0.4 is 74.2 Å². The molecule has 1 aromatic carbocycles. The Hall–Kier alpha value is 0.420. The minimum absolute atomic E-state index is 0. The summed E-state index contributed by atoms with van der Waals surface area (Å²) in [5.41, 5.74) is 1.04. The molecule has 0 bridgehead atoms. The number of benzene rings is 1. The molecule has 1 heterocycles. The van der Waals surface area contributed by atoms with Gasteiger partial charge in [-0.15, -0.1) is 11.8 Å². The molecule has 132 valence electrons. The third kappa shape index (κ3) is 7.81. The van der Waals surface area contributed by atoms with Crippen LogP contribution in [0.15, 0.2) is 23.1 Å². The number of carbonyl (C=O) groups excluding carboxylic acids is 1. The number of aromatic nitrogens is 2. The molecule has 0 spiro atoms. The summed E-state index contributed by atoms with van der Waals surface area (Å²) in [6, 6.07) is 5.39. The minimum Gasteiger partial charge on any atom is -0.790 e. The van der Waals surface area contributed by atoms with E-state index < -0.39 is 20.6 Å². The molecule has 1 amide bonds. The smallest absolute Gasteiger partial charge is 0.790 e. The van der Waals surface area contributed by atoms with Gasteiger partial charge < -0.3 is 23.6 Å². The van der Waals surface area contributed by atoms with Crippen LogP contribution in [0.25, 0.3) is 11.0 Å². The number of ether oxygens (including phenoxy) is 1. The number of anilines is 1. The van der Waals surface area contributed by atoms with Crippen LogP contribution in [-0.2, 0) is 20.6 Å². The van der Waals surface area contributed by atoms with Crippen molar-refractivity contribution < 1.29 is 87.5 Å². The van der Waals surface area contributed by atoms with Gasteiger partial charge in [0, 0.05) is 4.90 Å². The third-order valence-corrected chi connectivity index (χ3v) is 4.57. The van der Waals surface area contributed by atoms with E-state index in [-0.39, 0.29) is 65.1 Å². The van der Waals surface area contributed by atoms with Crippen molar-refractivity contribution in [2.24, 2.45) is 0 Å². The Morgan fingerprint density at radius 1 is 1.38 bits per heavy atom. The molecular formula is C13H16N3Na2O6PS. The molecule has 13 heteroatoms. The fourth-order valence-corrected chi connectivity index (χ4v) is 2.97. The summed E-state index contributed by atoms with van der Waals surface area (Å²) >= 11 is 1.62. The van der Waals surface area contributed by atoms with E-state index in [0.717, 1.165) is 17.1 Å². The van der Waals surface area contributed by atoms with E-state index in [4.69, 9.17) is 0 Å². The van der Waals surface area contributed by atoms with Crippen molar-refractivity contribution in [3.63, 3.8) is 0 Å². The molecule has 0 unspecified atom stereocenters. The van der Waals surface area contributed by atoms with Gasteiger partial charge in [-0.2, -0.15) is 0 Å². The normalized spacial score (nSPS) is 10.8. The number of hydrogen-bond acceptors (Lipinski definition) is 8. The van der Waals surface area contributed by atoms with Gasteiger partial charge in [0.1, 0.15) is 6.73 Å². The summed E-state index contributed by atoms with van der Waals surface area (Å²) in [5.74, 6) is 0.933. The average molecular weight is 419 g/mol. The van der Waals surface area contributed by atoms with Crippen LogP contribution in [-0.4, -0.2) is 28.5 Å². The summed E-state index contributed by atoms with van der Waals surface area (Å²) in [5, 5.41) is 2.36. The first kappa shape index (κ1) is 26.4. The number of phosphoric acid groups is 1. The van der Waals surface area contributed by atoms with Crippen LogP contribution >= 0.6 is 19.6 Å². The topological polar surface area (TPSA) is 129 Å². The van der Waals surface area contributed by atoms with E-state index in [0.29, 0.717) is 11.0 Å². The summed E-state index contributed by atoms with van der Waals surface area (Å²) in [4.78, 5) is 38.1. The van der Waals surface area contributed by atoms with E-state index in [1.165, 1.54) is 11.7 Å². The molecule has 0 aliphatic carbocycles. The molecule has 0 saturated carbocycles. The van der Waals surface area contributed by atoms with E-state index in [1.54, 1.807) is 23.9 Å². The molecule has 0 saturated heterocycles. The van der Waals surface area contributed by atoms with Crippen molar-refractivity contribution in [3.8, 4) is 0 Å². The largest absolute Gasteiger partial charge is 1.00 e. The van der Waals surface area contributed by atoms with Gasteiger partial charge in [0.05, 0.1) is 26.0 Å². The number of nitrogens with one attached hydrogen (secondary N) is 1. The second kappa shape index (κ2) is 12.1. The number of phosphoric ester groups is 1. The van der Waals surface area contributed by atoms with Crippen LogP contribution in [0.2, 0.25) is 0 Å². The number of imidazole rings is 1. The maximum absolute atomic E-state index is 11.4. The van der Waals surface area contributed by atoms with Crippen molar-refractivity contribution in [1.29, 1.82) is 0 Å². The number of hydrogen-bond donors (Lipinski definition) is 1. The molecule has 2 aromatic rings. The Balaban J connectivity index is 0.00000312. The van der Waals surface area contributed by atoms with Crippen molar-refractivity contribution in [3.05, 3.63) is 18.2 Å². The molecule has 2 rings (SSSR count). The molecule has 0 atom stereocenters. The van der Waals surface area contributed by atoms with Crippen LogP contribution in [0.4, 0.5) is 10.7 Å². The standard InChI is InChI=1S/C13H18N3O6PS.2Na/c1-3-6-24-9-4-5-10-11(7-9)16(8-22-23(18,19)20)12(14-10)15-13(17)21-2;;/h4-5,7H,3,6,8H2,1-2H3,(H,14,15,17)(H2,18,19,20);;/q;2*+1/p-2. The number of methoxy groups -OCH3 is 1. The monoisotopic (exact) mass is 419 g/mol. The van der Waals surface area contributed by atoms with Crippen molar-refractivity contribution in [2.45, 2.75) is 25.0 Å². The number of thioether (sulfide) groups is 1. The SMILES string of the molecule is CCCSc1ccc2nc(NC(=O)OC)n(COP(=O)([O-])[O-])c2c1.[Na+].[Na+]. The summed E-state index contributed by atoms with van der Waals surface area (Å²) < 4.78 is 20.9. The predicted molar refractivity (Wildman–Crippen MR) is 85.5 cm³/mol. The fourth-order valence-electron chi connectivity index (χ4n) is 1.91. The maximum Gasteiger partial charge on any atom is 1.00 e. The van der Waals surface area contributed by atoms with E-state index in [9.17, 15) is 19.1 Å².